The number of hydrogen-bond acceptors (Lipinski definition) is 12. The number of primary amides is 2. The maximum atomic E-state index is 10.4. The summed E-state index contributed by atoms with van der Waals surface area (Å²) in [5, 5.41) is 21.8. The van der Waals surface area contributed by atoms with Crippen molar-refractivity contribution in [2.45, 2.75) is 25.7 Å². The van der Waals surface area contributed by atoms with E-state index in [4.69, 9.17) is 51.8 Å². The normalized spacial score (nSPS) is 9.53. The van der Waals surface area contributed by atoms with Crippen molar-refractivity contribution < 1.29 is 38.4 Å². The van der Waals surface area contributed by atoms with Gasteiger partial charge in [0.05, 0.1) is 12.8 Å². The number of hydrogen-bond donors (Lipinski definition) is 6. The van der Waals surface area contributed by atoms with Crippen LogP contribution in [0.25, 0.3) is 0 Å². The second-order valence-electron chi connectivity index (χ2n) is 5.18. The van der Waals surface area contributed by atoms with Crippen LogP contribution in [0.2, 0.25) is 0 Å². The Balaban J connectivity index is 0.000000447. The van der Waals surface area contributed by atoms with Gasteiger partial charge in [-0.25, -0.2) is 9.59 Å². The molecule has 0 aromatic carbocycles. The highest BCUT2D eigenvalue weighted by atomic mass is 16.5. The van der Waals surface area contributed by atoms with E-state index in [0.717, 1.165) is 0 Å². The first kappa shape index (κ1) is 26.1. The quantitative estimate of drug-likeness (QED) is 0.220. The fourth-order valence-corrected chi connectivity index (χ4v) is 1.49. The van der Waals surface area contributed by atoms with Crippen LogP contribution < -0.4 is 22.9 Å². The van der Waals surface area contributed by atoms with Crippen LogP contribution in [0.1, 0.15) is 23.4 Å². The molecule has 0 spiro atoms. The van der Waals surface area contributed by atoms with Crippen LogP contribution in [0, 0.1) is 0 Å². The first-order valence-electron chi connectivity index (χ1n) is 8.14. The lowest BCUT2D eigenvalue weighted by Gasteiger charge is -1.85. The predicted octanol–water partition coefficient (Wildman–Crippen LogP) is -3.65. The Hall–Kier alpha value is -3.92. The molecule has 2 aromatic rings. The molecule has 0 aliphatic carbocycles. The third kappa shape index (κ3) is 12.5. The lowest BCUT2D eigenvalue weighted by atomic mass is 10.4. The number of nitrogens with two attached hydrogens (primary N) is 4. The topological polar surface area (TPSA) is 291 Å². The van der Waals surface area contributed by atoms with E-state index >= 15 is 0 Å². The monoisotopic (exact) mass is 430 g/mol. The van der Waals surface area contributed by atoms with Crippen LogP contribution in [0.5, 0.6) is 0 Å². The number of amides is 2. The van der Waals surface area contributed by atoms with E-state index in [-0.39, 0.29) is 12.8 Å². The van der Waals surface area contributed by atoms with E-state index in [1.54, 1.807) is 0 Å². The lowest BCUT2D eigenvalue weighted by Crippen LogP contribution is -2.14. The highest BCUT2D eigenvalue weighted by Crippen LogP contribution is 1.98. The molecule has 16 nitrogen and oxygen atoms in total. The SMILES string of the molecule is NCCc1nc(CC(N)=O)no1.NCCc1nc(CC(N)=O)no1.O=C(O)C(=O)O. The maximum Gasteiger partial charge on any atom is 0.414 e. The number of rotatable bonds is 8. The van der Waals surface area contributed by atoms with Crippen LogP contribution in [0.4, 0.5) is 0 Å². The van der Waals surface area contributed by atoms with Gasteiger partial charge in [-0.15, -0.1) is 0 Å². The predicted molar refractivity (Wildman–Crippen MR) is 95.2 cm³/mol. The van der Waals surface area contributed by atoms with Gasteiger partial charge in [0.25, 0.3) is 0 Å². The minimum Gasteiger partial charge on any atom is -0.473 e. The van der Waals surface area contributed by atoms with Crippen molar-refractivity contribution in [3.05, 3.63) is 23.4 Å². The Morgan fingerprint density at radius 1 is 0.733 bits per heavy atom. The van der Waals surface area contributed by atoms with Gasteiger partial charge >= 0.3 is 11.9 Å². The summed E-state index contributed by atoms with van der Waals surface area (Å²) in [6.07, 6.45) is 1.06. The van der Waals surface area contributed by atoms with Crippen molar-refractivity contribution in [2.24, 2.45) is 22.9 Å². The Morgan fingerprint density at radius 2 is 1.07 bits per heavy atom. The molecule has 16 heteroatoms. The summed E-state index contributed by atoms with van der Waals surface area (Å²) < 4.78 is 9.51. The van der Waals surface area contributed by atoms with E-state index in [2.05, 4.69) is 20.3 Å². The molecule has 30 heavy (non-hydrogen) atoms. The van der Waals surface area contributed by atoms with Gasteiger partial charge in [0.15, 0.2) is 11.6 Å². The minimum absolute atomic E-state index is 0.00801. The van der Waals surface area contributed by atoms with Gasteiger partial charge in [0.2, 0.25) is 23.6 Å². The Labute approximate surface area is 168 Å². The zero-order valence-electron chi connectivity index (χ0n) is 15.7. The van der Waals surface area contributed by atoms with Gasteiger partial charge in [-0.1, -0.05) is 10.3 Å². The van der Waals surface area contributed by atoms with E-state index in [1.165, 1.54) is 0 Å². The van der Waals surface area contributed by atoms with Crippen LogP contribution in [0.3, 0.4) is 0 Å². The molecule has 0 aliphatic rings. The van der Waals surface area contributed by atoms with Crippen molar-refractivity contribution in [2.75, 3.05) is 13.1 Å². The Morgan fingerprint density at radius 3 is 1.30 bits per heavy atom. The second kappa shape index (κ2) is 14.1. The first-order chi connectivity index (χ1) is 14.1. The number of nitrogens with zero attached hydrogens (tertiary/aromatic N) is 4. The standard InChI is InChI=1S/2C6H10N4O2.C2H2O4/c2*7-2-1-6-9-5(10-12-6)3-4(8)11;3-1(4)2(5)6/h2*1-3,7H2,(H2,8,11);(H,3,4)(H,5,6). The average molecular weight is 430 g/mol. The summed E-state index contributed by atoms with van der Waals surface area (Å²) in [6, 6.07) is 0. The van der Waals surface area contributed by atoms with Gasteiger partial charge < -0.3 is 42.2 Å². The molecule has 0 unspecified atom stereocenters. The summed E-state index contributed by atoms with van der Waals surface area (Å²) in [4.78, 5) is 46.8. The number of carbonyl (C=O) groups excluding carboxylic acids is 2. The summed E-state index contributed by atoms with van der Waals surface area (Å²) in [5.41, 5.74) is 20.3. The zero-order chi connectivity index (χ0) is 23.1. The van der Waals surface area contributed by atoms with Crippen molar-refractivity contribution in [1.29, 1.82) is 0 Å². The number of carbonyl (C=O) groups is 4. The molecule has 2 aromatic heterocycles. The number of carboxylic acids is 2. The molecule has 2 amide bonds. The van der Waals surface area contributed by atoms with E-state index < -0.39 is 23.8 Å². The summed E-state index contributed by atoms with van der Waals surface area (Å²) >= 11 is 0. The maximum absolute atomic E-state index is 10.4. The minimum atomic E-state index is -1.82. The molecule has 0 bridgehead atoms. The summed E-state index contributed by atoms with van der Waals surface area (Å²) in [6.45, 7) is 0.885. The van der Waals surface area contributed by atoms with Crippen molar-refractivity contribution in [3.8, 4) is 0 Å². The first-order valence-corrected chi connectivity index (χ1v) is 8.14. The highest BCUT2D eigenvalue weighted by molar-refractivity contribution is 6.27. The zero-order valence-corrected chi connectivity index (χ0v) is 15.7. The van der Waals surface area contributed by atoms with Gasteiger partial charge in [0.1, 0.15) is 0 Å². The van der Waals surface area contributed by atoms with Crippen LogP contribution >= 0.6 is 0 Å². The lowest BCUT2D eigenvalue weighted by molar-refractivity contribution is -0.159. The van der Waals surface area contributed by atoms with Gasteiger partial charge in [-0.05, 0) is 0 Å². The van der Waals surface area contributed by atoms with Gasteiger partial charge in [0, 0.05) is 25.9 Å². The Kier molecular flexibility index (Phi) is 12.3. The third-order valence-electron chi connectivity index (χ3n) is 2.58. The van der Waals surface area contributed by atoms with Gasteiger partial charge in [-0.2, -0.15) is 9.97 Å². The molecule has 0 atom stereocenters. The summed E-state index contributed by atoms with van der Waals surface area (Å²) in [5.74, 6) is -3.10. The molecule has 0 saturated carbocycles. The molecule has 2 rings (SSSR count). The van der Waals surface area contributed by atoms with Crippen LogP contribution in [-0.4, -0.2) is 67.3 Å². The fraction of sp³-hybridized carbons (Fsp3) is 0.429. The molecule has 166 valence electrons. The molecular formula is C14H22N8O8. The van der Waals surface area contributed by atoms with Gasteiger partial charge in [-0.3, -0.25) is 9.59 Å². The molecule has 0 saturated heterocycles. The molecule has 2 heterocycles. The molecule has 0 aliphatic heterocycles. The molecule has 10 N–H and O–H groups in total. The highest BCUT2D eigenvalue weighted by Gasteiger charge is 2.08. The van der Waals surface area contributed by atoms with Crippen molar-refractivity contribution in [3.63, 3.8) is 0 Å². The van der Waals surface area contributed by atoms with E-state index in [9.17, 15) is 9.59 Å². The number of aromatic nitrogens is 4. The largest absolute Gasteiger partial charge is 0.473 e. The fourth-order valence-electron chi connectivity index (χ4n) is 1.49. The smallest absolute Gasteiger partial charge is 0.414 e. The second-order valence-corrected chi connectivity index (χ2v) is 5.18. The Bertz CT molecular complexity index is 765. The van der Waals surface area contributed by atoms with E-state index in [1.807, 2.05) is 0 Å². The summed E-state index contributed by atoms with van der Waals surface area (Å²) in [7, 11) is 0. The third-order valence-corrected chi connectivity index (χ3v) is 2.58. The van der Waals surface area contributed by atoms with Crippen molar-refractivity contribution >= 4 is 23.8 Å². The molecule has 0 fully saturated rings. The van der Waals surface area contributed by atoms with E-state index in [0.29, 0.717) is 49.4 Å². The van der Waals surface area contributed by atoms with Crippen molar-refractivity contribution in [1.82, 2.24) is 20.3 Å². The number of carboxylic acid groups (broad SMARTS) is 2. The molecule has 0 radical (unpaired) electrons. The van der Waals surface area contributed by atoms with Crippen LogP contribution in [-0.2, 0) is 44.9 Å². The average Bonchev–Trinajstić information content (AvgIpc) is 3.25. The number of aliphatic carboxylic acids is 2. The molecular weight excluding hydrogens is 408 g/mol. The van der Waals surface area contributed by atoms with Crippen LogP contribution in [0.15, 0.2) is 9.05 Å².